The molecule has 1 heterocycles. The lowest BCUT2D eigenvalue weighted by Crippen LogP contribution is -2.35. The van der Waals surface area contributed by atoms with E-state index in [0.29, 0.717) is 16.1 Å². The number of carbonyl (C=O) groups is 1. The number of aliphatic hydroxyl groups is 1. The number of nitrogens with zero attached hydrogens (tertiary/aromatic N) is 2. The summed E-state index contributed by atoms with van der Waals surface area (Å²) < 4.78 is 28.8. The van der Waals surface area contributed by atoms with Gasteiger partial charge < -0.3 is 10.2 Å². The number of hydrogen-bond acceptors (Lipinski definition) is 5. The summed E-state index contributed by atoms with van der Waals surface area (Å²) >= 11 is 6.20. The van der Waals surface area contributed by atoms with Gasteiger partial charge in [-0.25, -0.2) is 8.42 Å². The highest BCUT2D eigenvalue weighted by Crippen LogP contribution is 2.33. The van der Waals surface area contributed by atoms with E-state index >= 15 is 0 Å². The first kappa shape index (κ1) is 25.8. The van der Waals surface area contributed by atoms with Crippen LogP contribution in [0, 0.1) is 6.92 Å². The minimum absolute atomic E-state index is 0.0309. The van der Waals surface area contributed by atoms with Crippen LogP contribution in [0.5, 0.6) is 0 Å². The Bertz CT molecular complexity index is 1280. The van der Waals surface area contributed by atoms with Crippen molar-refractivity contribution >= 4 is 27.6 Å². The molecule has 0 saturated carbocycles. The van der Waals surface area contributed by atoms with E-state index in [0.717, 1.165) is 16.7 Å². The Balaban J connectivity index is 2.05. The molecule has 2 N–H and O–H groups in total. The zero-order valence-electron chi connectivity index (χ0n) is 19.0. The van der Waals surface area contributed by atoms with Gasteiger partial charge in [0.1, 0.15) is 0 Å². The number of sulfonamides is 1. The summed E-state index contributed by atoms with van der Waals surface area (Å²) in [5, 5.41) is 19.1. The smallest absolute Gasteiger partial charge is 0.303 e. The first-order valence-corrected chi connectivity index (χ1v) is 12.6. The largest absolute Gasteiger partial charge is 0.481 e. The molecule has 0 bridgehead atoms. The van der Waals surface area contributed by atoms with Gasteiger partial charge in [-0.05, 0) is 66.8 Å². The summed E-state index contributed by atoms with van der Waals surface area (Å²) in [6.07, 6.45) is 3.24. The molecule has 9 heteroatoms. The number of halogens is 1. The molecule has 1 atom stereocenters. The lowest BCUT2D eigenvalue weighted by atomic mass is 9.98. The van der Waals surface area contributed by atoms with Crippen LogP contribution in [0.4, 0.5) is 0 Å². The molecular formula is C25H27ClN2O5S. The average Bonchev–Trinajstić information content (AvgIpc) is 2.82. The minimum atomic E-state index is -3.98. The van der Waals surface area contributed by atoms with Crippen molar-refractivity contribution in [1.29, 1.82) is 0 Å². The molecule has 2 aromatic carbocycles. The van der Waals surface area contributed by atoms with E-state index in [1.54, 1.807) is 44.4 Å². The van der Waals surface area contributed by atoms with Gasteiger partial charge >= 0.3 is 5.97 Å². The fraction of sp³-hybridized carbons (Fsp3) is 0.280. The highest BCUT2D eigenvalue weighted by Gasteiger charge is 2.31. The molecule has 0 aliphatic heterocycles. The van der Waals surface area contributed by atoms with E-state index in [-0.39, 0.29) is 30.9 Å². The number of hydrogen-bond donors (Lipinski definition) is 2. The van der Waals surface area contributed by atoms with Gasteiger partial charge in [0, 0.05) is 42.0 Å². The second-order valence-electron chi connectivity index (χ2n) is 7.97. The Hall–Kier alpha value is -2.78. The van der Waals surface area contributed by atoms with Crippen LogP contribution in [0.1, 0.15) is 42.5 Å². The molecule has 0 aliphatic rings. The number of rotatable bonds is 10. The molecule has 0 aliphatic carbocycles. The Morgan fingerprint density at radius 1 is 1.18 bits per heavy atom. The van der Waals surface area contributed by atoms with E-state index in [1.807, 2.05) is 24.3 Å². The van der Waals surface area contributed by atoms with E-state index < -0.39 is 22.0 Å². The SMILES string of the molecule is Cc1c(Cl)cccc1S(=O)(=O)N(CCCC(=O)O)[C@@H](C)c1cccc(-c2ccncc2CO)c1. The maximum Gasteiger partial charge on any atom is 0.303 e. The third-order valence-corrected chi connectivity index (χ3v) is 8.28. The fourth-order valence-corrected chi connectivity index (χ4v) is 6.01. The van der Waals surface area contributed by atoms with Crippen LogP contribution < -0.4 is 0 Å². The molecular weight excluding hydrogens is 476 g/mol. The molecule has 0 saturated heterocycles. The van der Waals surface area contributed by atoms with Gasteiger partial charge in [-0.15, -0.1) is 0 Å². The molecule has 0 fully saturated rings. The second kappa shape index (κ2) is 11.1. The highest BCUT2D eigenvalue weighted by molar-refractivity contribution is 7.89. The van der Waals surface area contributed by atoms with Gasteiger partial charge in [-0.1, -0.05) is 35.9 Å². The number of carboxylic acids is 1. The Morgan fingerprint density at radius 3 is 2.62 bits per heavy atom. The van der Waals surface area contributed by atoms with Crippen molar-refractivity contribution in [3.63, 3.8) is 0 Å². The van der Waals surface area contributed by atoms with Gasteiger partial charge in [0.25, 0.3) is 0 Å². The second-order valence-corrected chi connectivity index (χ2v) is 10.2. The number of pyridine rings is 1. The van der Waals surface area contributed by atoms with Crippen molar-refractivity contribution in [2.75, 3.05) is 6.54 Å². The molecule has 0 unspecified atom stereocenters. The van der Waals surface area contributed by atoms with Crippen LogP contribution in [0.3, 0.4) is 0 Å². The summed E-state index contributed by atoms with van der Waals surface area (Å²) in [6.45, 7) is 3.28. The normalized spacial score (nSPS) is 12.6. The van der Waals surface area contributed by atoms with Crippen LogP contribution in [0.2, 0.25) is 5.02 Å². The molecule has 1 aromatic heterocycles. The molecule has 3 aromatic rings. The zero-order chi connectivity index (χ0) is 24.9. The van der Waals surface area contributed by atoms with E-state index in [2.05, 4.69) is 4.98 Å². The van der Waals surface area contributed by atoms with Crippen LogP contribution in [0.15, 0.2) is 65.8 Å². The van der Waals surface area contributed by atoms with Crippen LogP contribution in [-0.2, 0) is 21.4 Å². The third-order valence-electron chi connectivity index (χ3n) is 5.76. The Morgan fingerprint density at radius 2 is 1.91 bits per heavy atom. The summed E-state index contributed by atoms with van der Waals surface area (Å²) in [5.74, 6) is -0.986. The number of aromatic nitrogens is 1. The molecule has 0 radical (unpaired) electrons. The lowest BCUT2D eigenvalue weighted by Gasteiger charge is -2.29. The Labute approximate surface area is 204 Å². The first-order valence-electron chi connectivity index (χ1n) is 10.8. The number of carboxylic acid groups (broad SMARTS) is 1. The van der Waals surface area contributed by atoms with E-state index in [4.69, 9.17) is 16.7 Å². The predicted octanol–water partition coefficient (Wildman–Crippen LogP) is 4.82. The van der Waals surface area contributed by atoms with Gasteiger partial charge in [-0.3, -0.25) is 9.78 Å². The van der Waals surface area contributed by atoms with Crippen LogP contribution in [-0.4, -0.2) is 40.4 Å². The van der Waals surface area contributed by atoms with Crippen molar-refractivity contribution < 1.29 is 23.4 Å². The van der Waals surface area contributed by atoms with Crippen molar-refractivity contribution in [1.82, 2.24) is 9.29 Å². The quantitative estimate of drug-likeness (QED) is 0.411. The molecule has 0 spiro atoms. The minimum Gasteiger partial charge on any atom is -0.481 e. The van der Waals surface area contributed by atoms with Gasteiger partial charge in [0.15, 0.2) is 0 Å². The summed E-state index contributed by atoms with van der Waals surface area (Å²) in [4.78, 5) is 15.2. The van der Waals surface area contributed by atoms with Crippen molar-refractivity contribution in [2.45, 2.75) is 44.2 Å². The number of aliphatic hydroxyl groups excluding tert-OH is 1. The fourth-order valence-electron chi connectivity index (χ4n) is 3.87. The molecule has 0 amide bonds. The van der Waals surface area contributed by atoms with Crippen molar-refractivity contribution in [3.8, 4) is 11.1 Å². The summed E-state index contributed by atoms with van der Waals surface area (Å²) in [7, 11) is -3.98. The van der Waals surface area contributed by atoms with E-state index in [9.17, 15) is 18.3 Å². The van der Waals surface area contributed by atoms with Crippen LogP contribution in [0.25, 0.3) is 11.1 Å². The number of aliphatic carboxylic acids is 1. The highest BCUT2D eigenvalue weighted by atomic mass is 35.5. The molecule has 180 valence electrons. The molecule has 7 nitrogen and oxygen atoms in total. The molecule has 3 rings (SSSR count). The van der Waals surface area contributed by atoms with Crippen molar-refractivity contribution in [2.24, 2.45) is 0 Å². The average molecular weight is 503 g/mol. The third kappa shape index (κ3) is 5.64. The van der Waals surface area contributed by atoms with E-state index in [1.165, 1.54) is 10.4 Å². The van der Waals surface area contributed by atoms with Crippen molar-refractivity contribution in [3.05, 3.63) is 82.6 Å². The predicted molar refractivity (Wildman–Crippen MR) is 131 cm³/mol. The standard InChI is InChI=1S/C25H27ClN2O5S/c1-17-23(26)8-4-9-24(17)34(32,33)28(13-5-10-25(30)31)18(2)19-6-3-7-20(14-19)22-11-12-27-15-21(22)16-29/h3-4,6-9,11-12,14-15,18,29H,5,10,13,16H2,1-2H3,(H,30,31)/t18-/m0/s1. The topological polar surface area (TPSA) is 108 Å². The first-order chi connectivity index (χ1) is 16.2. The Kier molecular flexibility index (Phi) is 8.43. The molecule has 34 heavy (non-hydrogen) atoms. The van der Waals surface area contributed by atoms with Gasteiger partial charge in [0.2, 0.25) is 10.0 Å². The monoisotopic (exact) mass is 502 g/mol. The van der Waals surface area contributed by atoms with Gasteiger partial charge in [0.05, 0.1) is 11.5 Å². The number of benzene rings is 2. The zero-order valence-corrected chi connectivity index (χ0v) is 20.6. The van der Waals surface area contributed by atoms with Crippen LogP contribution >= 0.6 is 11.6 Å². The maximum absolute atomic E-state index is 13.7. The summed E-state index contributed by atoms with van der Waals surface area (Å²) in [6, 6.07) is 13.4. The maximum atomic E-state index is 13.7. The lowest BCUT2D eigenvalue weighted by molar-refractivity contribution is -0.137. The summed E-state index contributed by atoms with van der Waals surface area (Å²) in [5.41, 5.74) is 3.46. The van der Waals surface area contributed by atoms with Gasteiger partial charge in [-0.2, -0.15) is 4.31 Å².